The van der Waals surface area contributed by atoms with Crippen molar-refractivity contribution in [1.82, 2.24) is 0 Å². The summed E-state index contributed by atoms with van der Waals surface area (Å²) in [6.07, 6.45) is 5.63. The van der Waals surface area contributed by atoms with Gasteiger partial charge in [0.1, 0.15) is 23.2 Å². The molecule has 2 heterocycles. The van der Waals surface area contributed by atoms with Crippen molar-refractivity contribution in [2.45, 2.75) is 25.7 Å². The van der Waals surface area contributed by atoms with Crippen molar-refractivity contribution < 1.29 is 9.21 Å². The molecule has 0 unspecified atom stereocenters. The topological polar surface area (TPSA) is 66.0 Å². The quantitative estimate of drug-likeness (QED) is 0.562. The molecule has 1 aliphatic heterocycles. The van der Waals surface area contributed by atoms with E-state index in [9.17, 15) is 10.1 Å². The summed E-state index contributed by atoms with van der Waals surface area (Å²) < 4.78 is 6.96. The van der Waals surface area contributed by atoms with E-state index in [1.54, 1.807) is 6.08 Å². The third kappa shape index (κ3) is 2.38. The lowest BCUT2D eigenvalue weighted by atomic mass is 9.94. The number of carbonyl (C=O) groups is 1. The average Bonchev–Trinajstić information content (AvgIpc) is 3.05. The SMILES string of the molecule is N#Cc1c(C=C2C(=O)Nc3ccc(I)cc32)oc2c1CCCC2. The Kier molecular flexibility index (Phi) is 3.49. The minimum absolute atomic E-state index is 0.153. The van der Waals surface area contributed by atoms with Gasteiger partial charge in [0, 0.05) is 26.8 Å². The van der Waals surface area contributed by atoms with Crippen molar-refractivity contribution >= 4 is 45.8 Å². The molecule has 4 rings (SSSR count). The highest BCUT2D eigenvalue weighted by Crippen LogP contribution is 2.36. The van der Waals surface area contributed by atoms with E-state index in [2.05, 4.69) is 34.0 Å². The van der Waals surface area contributed by atoms with Gasteiger partial charge in [-0.05, 0) is 66.1 Å². The van der Waals surface area contributed by atoms with Crippen LogP contribution < -0.4 is 5.32 Å². The van der Waals surface area contributed by atoms with Crippen LogP contribution in [0.2, 0.25) is 0 Å². The van der Waals surface area contributed by atoms with Gasteiger partial charge >= 0.3 is 0 Å². The van der Waals surface area contributed by atoms with Gasteiger partial charge in [0.2, 0.25) is 0 Å². The first kappa shape index (κ1) is 14.5. The van der Waals surface area contributed by atoms with E-state index in [0.717, 1.165) is 51.8 Å². The van der Waals surface area contributed by atoms with Gasteiger partial charge in [-0.3, -0.25) is 4.79 Å². The van der Waals surface area contributed by atoms with Crippen molar-refractivity contribution in [1.29, 1.82) is 5.26 Å². The van der Waals surface area contributed by atoms with E-state index in [1.807, 2.05) is 18.2 Å². The smallest absolute Gasteiger partial charge is 0.256 e. The first-order chi connectivity index (χ1) is 11.2. The van der Waals surface area contributed by atoms with Crippen LogP contribution in [0.15, 0.2) is 22.6 Å². The predicted octanol–water partition coefficient (Wildman–Crippen LogP) is 4.13. The zero-order valence-electron chi connectivity index (χ0n) is 12.3. The Hall–Kier alpha value is -2.07. The summed E-state index contributed by atoms with van der Waals surface area (Å²) in [5, 5.41) is 12.4. The van der Waals surface area contributed by atoms with E-state index in [-0.39, 0.29) is 5.91 Å². The van der Waals surface area contributed by atoms with Crippen LogP contribution in [0.3, 0.4) is 0 Å². The number of furan rings is 1. The lowest BCUT2D eigenvalue weighted by molar-refractivity contribution is -0.110. The van der Waals surface area contributed by atoms with Crippen molar-refractivity contribution in [3.05, 3.63) is 50.0 Å². The summed E-state index contributed by atoms with van der Waals surface area (Å²) in [5.41, 5.74) is 3.82. The van der Waals surface area contributed by atoms with Gasteiger partial charge in [0.25, 0.3) is 5.91 Å². The van der Waals surface area contributed by atoms with E-state index in [1.165, 1.54) is 0 Å². The summed E-state index contributed by atoms with van der Waals surface area (Å²) in [6.45, 7) is 0. The van der Waals surface area contributed by atoms with Gasteiger partial charge in [-0.2, -0.15) is 5.26 Å². The Morgan fingerprint density at radius 1 is 1.30 bits per heavy atom. The van der Waals surface area contributed by atoms with Crippen molar-refractivity contribution in [3.63, 3.8) is 0 Å². The maximum atomic E-state index is 12.3. The molecule has 5 heteroatoms. The zero-order valence-corrected chi connectivity index (χ0v) is 14.4. The second kappa shape index (κ2) is 5.53. The summed E-state index contributed by atoms with van der Waals surface area (Å²) in [6, 6.07) is 8.07. The first-order valence-electron chi connectivity index (χ1n) is 7.55. The third-order valence-electron chi connectivity index (χ3n) is 4.35. The predicted molar refractivity (Wildman–Crippen MR) is 95.7 cm³/mol. The maximum Gasteiger partial charge on any atom is 0.256 e. The van der Waals surface area contributed by atoms with Crippen molar-refractivity contribution in [2.75, 3.05) is 5.32 Å². The highest BCUT2D eigenvalue weighted by atomic mass is 127. The summed E-state index contributed by atoms with van der Waals surface area (Å²) >= 11 is 2.22. The number of amides is 1. The molecule has 0 saturated heterocycles. The number of anilines is 1. The fraction of sp³-hybridized carbons (Fsp3) is 0.222. The number of hydrogen-bond donors (Lipinski definition) is 1. The van der Waals surface area contributed by atoms with E-state index in [0.29, 0.717) is 16.9 Å². The molecule has 4 nitrogen and oxygen atoms in total. The molecule has 1 aromatic carbocycles. The summed E-state index contributed by atoms with van der Waals surface area (Å²) in [5.74, 6) is 1.26. The Bertz CT molecular complexity index is 902. The number of nitriles is 1. The maximum absolute atomic E-state index is 12.3. The van der Waals surface area contributed by atoms with Gasteiger partial charge in [-0.1, -0.05) is 0 Å². The van der Waals surface area contributed by atoms with Crippen LogP contribution in [0.5, 0.6) is 0 Å². The Labute approximate surface area is 147 Å². The minimum atomic E-state index is -0.153. The fourth-order valence-corrected chi connectivity index (χ4v) is 3.74. The van der Waals surface area contributed by atoms with Crippen molar-refractivity contribution in [2.24, 2.45) is 0 Å². The largest absolute Gasteiger partial charge is 0.460 e. The second-order valence-corrected chi connectivity index (χ2v) is 7.01. The van der Waals surface area contributed by atoms with Gasteiger partial charge in [0.05, 0.1) is 5.57 Å². The van der Waals surface area contributed by atoms with Crippen LogP contribution in [-0.2, 0) is 17.6 Å². The van der Waals surface area contributed by atoms with E-state index >= 15 is 0 Å². The molecular weight excluding hydrogens is 403 g/mol. The molecule has 0 saturated carbocycles. The number of hydrogen-bond acceptors (Lipinski definition) is 3. The van der Waals surface area contributed by atoms with Crippen molar-refractivity contribution in [3.8, 4) is 6.07 Å². The second-order valence-electron chi connectivity index (χ2n) is 5.76. The Morgan fingerprint density at radius 2 is 2.13 bits per heavy atom. The molecule has 23 heavy (non-hydrogen) atoms. The molecule has 114 valence electrons. The molecule has 1 amide bonds. The molecule has 0 atom stereocenters. The molecule has 0 bridgehead atoms. The Balaban J connectivity index is 1.86. The van der Waals surface area contributed by atoms with E-state index in [4.69, 9.17) is 4.42 Å². The molecule has 1 aromatic heterocycles. The average molecular weight is 416 g/mol. The number of fused-ring (bicyclic) bond motifs is 2. The molecule has 1 N–H and O–H groups in total. The van der Waals surface area contributed by atoms with Crippen LogP contribution in [0.25, 0.3) is 11.6 Å². The highest BCUT2D eigenvalue weighted by molar-refractivity contribution is 14.1. The van der Waals surface area contributed by atoms with Crippen LogP contribution >= 0.6 is 22.6 Å². The summed E-state index contributed by atoms with van der Waals surface area (Å²) in [4.78, 5) is 12.3. The van der Waals surface area contributed by atoms with Crippen LogP contribution in [0, 0.1) is 14.9 Å². The number of carbonyl (C=O) groups excluding carboxylic acids is 1. The van der Waals surface area contributed by atoms with Crippen LogP contribution in [0.1, 0.15) is 41.1 Å². The first-order valence-corrected chi connectivity index (χ1v) is 8.63. The standard InChI is InChI=1S/C18H13IN2O2/c19-10-5-6-15-12(7-10)13(18(22)21-15)8-17-14(9-20)11-3-1-2-4-16(11)23-17/h5-8H,1-4H2,(H,21,22). The number of halogens is 1. The zero-order chi connectivity index (χ0) is 16.0. The molecule has 1 aliphatic carbocycles. The summed E-state index contributed by atoms with van der Waals surface area (Å²) in [7, 11) is 0. The van der Waals surface area contributed by atoms with Gasteiger partial charge in [-0.15, -0.1) is 0 Å². The number of rotatable bonds is 1. The molecule has 2 aromatic rings. The minimum Gasteiger partial charge on any atom is -0.460 e. The Morgan fingerprint density at radius 3 is 2.96 bits per heavy atom. The third-order valence-corrected chi connectivity index (χ3v) is 5.02. The van der Waals surface area contributed by atoms with Gasteiger partial charge < -0.3 is 9.73 Å². The normalized spacial score (nSPS) is 17.6. The van der Waals surface area contributed by atoms with E-state index < -0.39 is 0 Å². The molecule has 2 aliphatic rings. The van der Waals surface area contributed by atoms with Gasteiger partial charge in [-0.25, -0.2) is 0 Å². The highest BCUT2D eigenvalue weighted by Gasteiger charge is 2.27. The number of aryl methyl sites for hydroxylation is 1. The number of nitrogens with zero attached hydrogens (tertiary/aromatic N) is 1. The number of nitrogens with one attached hydrogen (secondary N) is 1. The molecule has 0 radical (unpaired) electrons. The fourth-order valence-electron chi connectivity index (χ4n) is 3.25. The molecular formula is C18H13IN2O2. The van der Waals surface area contributed by atoms with Crippen LogP contribution in [0.4, 0.5) is 5.69 Å². The van der Waals surface area contributed by atoms with Crippen LogP contribution in [-0.4, -0.2) is 5.91 Å². The lowest BCUT2D eigenvalue weighted by Crippen LogP contribution is -2.03. The lowest BCUT2D eigenvalue weighted by Gasteiger charge is -2.07. The molecule has 0 spiro atoms. The monoisotopic (exact) mass is 416 g/mol. The van der Waals surface area contributed by atoms with Gasteiger partial charge in [0.15, 0.2) is 0 Å². The molecule has 0 fully saturated rings. The number of benzene rings is 1.